The third-order valence-corrected chi connectivity index (χ3v) is 16.0. The van der Waals surface area contributed by atoms with Crippen LogP contribution in [0.3, 0.4) is 0 Å². The van der Waals surface area contributed by atoms with E-state index in [2.05, 4.69) is 31.3 Å². The first-order valence-corrected chi connectivity index (χ1v) is 34.1. The van der Waals surface area contributed by atoms with Gasteiger partial charge in [-0.25, -0.2) is 0 Å². The Morgan fingerprint density at radius 2 is 0.627 bits per heavy atom. The van der Waals surface area contributed by atoms with E-state index in [1.54, 1.807) is 6.08 Å². The van der Waals surface area contributed by atoms with Crippen molar-refractivity contribution in [1.82, 2.24) is 5.32 Å². The summed E-state index contributed by atoms with van der Waals surface area (Å²) in [6.07, 6.45) is 81.1. The minimum atomic E-state index is -0.842. The van der Waals surface area contributed by atoms with Gasteiger partial charge in [0.15, 0.2) is 0 Å². The Morgan fingerprint density at radius 1 is 0.360 bits per heavy atom. The molecule has 2 unspecified atom stereocenters. The maximum atomic E-state index is 12.5. The summed E-state index contributed by atoms with van der Waals surface area (Å²) in [6.45, 7) is 4.93. The number of carbonyl (C=O) groups excluding carboxylic acids is 2. The van der Waals surface area contributed by atoms with E-state index in [0.717, 1.165) is 38.5 Å². The van der Waals surface area contributed by atoms with E-state index >= 15 is 0 Å². The molecule has 2 atom stereocenters. The van der Waals surface area contributed by atoms with Crippen molar-refractivity contribution in [2.24, 2.45) is 0 Å². The van der Waals surface area contributed by atoms with Gasteiger partial charge in [-0.1, -0.05) is 334 Å². The van der Waals surface area contributed by atoms with Crippen LogP contribution in [0.2, 0.25) is 0 Å². The molecule has 0 spiro atoms. The maximum Gasteiger partial charge on any atom is 0.305 e. The van der Waals surface area contributed by atoms with Gasteiger partial charge in [0.2, 0.25) is 5.91 Å². The predicted molar refractivity (Wildman–Crippen MR) is 329 cm³/mol. The molecule has 0 bridgehead atoms. The van der Waals surface area contributed by atoms with Crippen molar-refractivity contribution in [3.05, 3.63) is 24.3 Å². The predicted octanol–water partition coefficient (Wildman–Crippen LogP) is 21.8. The van der Waals surface area contributed by atoms with Crippen LogP contribution in [0.25, 0.3) is 0 Å². The van der Waals surface area contributed by atoms with Crippen LogP contribution < -0.4 is 5.32 Å². The number of amides is 1. The fourth-order valence-corrected chi connectivity index (χ4v) is 10.7. The Morgan fingerprint density at radius 3 is 0.947 bits per heavy atom. The van der Waals surface area contributed by atoms with E-state index in [1.165, 1.54) is 315 Å². The molecule has 3 N–H and O–H groups in total. The van der Waals surface area contributed by atoms with Crippen LogP contribution in [0.15, 0.2) is 24.3 Å². The van der Waals surface area contributed by atoms with Gasteiger partial charge in [0.05, 0.1) is 25.4 Å². The van der Waals surface area contributed by atoms with Gasteiger partial charge in [0.25, 0.3) is 0 Å². The van der Waals surface area contributed by atoms with Gasteiger partial charge in [0.1, 0.15) is 0 Å². The zero-order chi connectivity index (χ0) is 54.3. The van der Waals surface area contributed by atoms with Crippen LogP contribution in [-0.2, 0) is 14.3 Å². The lowest BCUT2D eigenvalue weighted by molar-refractivity contribution is -0.143. The molecule has 444 valence electrons. The Bertz CT molecular complexity index is 1170. The summed E-state index contributed by atoms with van der Waals surface area (Å²) in [4.78, 5) is 24.5. The topological polar surface area (TPSA) is 95.9 Å². The number of allylic oxidation sites excluding steroid dienone is 3. The molecule has 0 aliphatic rings. The number of aliphatic hydroxyl groups excluding tert-OH is 2. The Balaban J connectivity index is 3.36. The van der Waals surface area contributed by atoms with Crippen molar-refractivity contribution >= 4 is 11.9 Å². The molecule has 0 aliphatic heterocycles. The maximum absolute atomic E-state index is 12.5. The van der Waals surface area contributed by atoms with Crippen molar-refractivity contribution in [3.63, 3.8) is 0 Å². The Kier molecular flexibility index (Phi) is 63.4. The standard InChI is InChI=1S/C69H133NO5/c1-3-5-7-9-11-13-15-17-37-41-45-49-53-57-61-67(72)66(65-71)70-68(73)62-58-54-50-46-42-38-35-33-31-29-27-25-23-21-19-20-22-24-26-28-30-32-34-36-40-44-48-52-56-60-64-75-69(74)63-59-55-51-47-43-39-18-16-14-12-10-8-6-4-2/h20,22,57,61,66-67,71-72H,3-19,21,23-56,58-60,62-65H2,1-2H3,(H,70,73)/b22-20-,61-57+. The second kappa shape index (κ2) is 64.9. The van der Waals surface area contributed by atoms with Crippen molar-refractivity contribution in [1.29, 1.82) is 0 Å². The molecule has 75 heavy (non-hydrogen) atoms. The lowest BCUT2D eigenvalue weighted by Gasteiger charge is -2.20. The average Bonchev–Trinajstić information content (AvgIpc) is 3.41. The summed E-state index contributed by atoms with van der Waals surface area (Å²) in [5.74, 6) is -0.0451. The van der Waals surface area contributed by atoms with E-state index in [0.29, 0.717) is 19.4 Å². The summed E-state index contributed by atoms with van der Waals surface area (Å²) >= 11 is 0. The van der Waals surface area contributed by atoms with E-state index < -0.39 is 12.1 Å². The first kappa shape index (κ1) is 73.3. The molecule has 0 saturated heterocycles. The normalized spacial score (nSPS) is 12.6. The zero-order valence-electron chi connectivity index (χ0n) is 50.8. The number of unbranched alkanes of at least 4 members (excludes halogenated alkanes) is 51. The summed E-state index contributed by atoms with van der Waals surface area (Å²) in [5.41, 5.74) is 0. The SMILES string of the molecule is CCCCCCCCCCCCCC/C=C/C(O)C(CO)NC(=O)CCCCCCCCCCCCCCCC/C=C\CCCCCCCCCCCCCCOC(=O)CCCCCCCCCCCCCCCC. The summed E-state index contributed by atoms with van der Waals surface area (Å²) < 4.78 is 5.49. The van der Waals surface area contributed by atoms with Gasteiger partial charge in [-0.2, -0.15) is 0 Å². The minimum Gasteiger partial charge on any atom is -0.466 e. The fourth-order valence-electron chi connectivity index (χ4n) is 10.7. The van der Waals surface area contributed by atoms with E-state index in [4.69, 9.17) is 4.74 Å². The van der Waals surface area contributed by atoms with E-state index in [1.807, 2.05) is 6.08 Å². The summed E-state index contributed by atoms with van der Waals surface area (Å²) in [5, 5.41) is 23.1. The van der Waals surface area contributed by atoms with E-state index in [-0.39, 0.29) is 18.5 Å². The molecular formula is C69H133NO5. The van der Waals surface area contributed by atoms with Crippen molar-refractivity contribution < 1.29 is 24.5 Å². The van der Waals surface area contributed by atoms with Crippen molar-refractivity contribution in [2.45, 2.75) is 392 Å². The van der Waals surface area contributed by atoms with Crippen LogP contribution in [0.5, 0.6) is 0 Å². The summed E-state index contributed by atoms with van der Waals surface area (Å²) in [7, 11) is 0. The monoisotopic (exact) mass is 1060 g/mol. The molecule has 0 radical (unpaired) electrons. The smallest absolute Gasteiger partial charge is 0.305 e. The molecule has 6 heteroatoms. The highest BCUT2D eigenvalue weighted by Crippen LogP contribution is 2.18. The van der Waals surface area contributed by atoms with Gasteiger partial charge >= 0.3 is 5.97 Å². The molecule has 1 amide bonds. The van der Waals surface area contributed by atoms with Crippen LogP contribution in [0.1, 0.15) is 380 Å². The fraction of sp³-hybridized carbons (Fsp3) is 0.913. The van der Waals surface area contributed by atoms with E-state index in [9.17, 15) is 19.8 Å². The second-order valence-electron chi connectivity index (χ2n) is 23.5. The van der Waals surface area contributed by atoms with Crippen molar-refractivity contribution in [3.8, 4) is 0 Å². The van der Waals surface area contributed by atoms with Gasteiger partial charge < -0.3 is 20.3 Å². The van der Waals surface area contributed by atoms with Crippen LogP contribution in [-0.4, -0.2) is 47.4 Å². The number of rotatable bonds is 64. The molecule has 6 nitrogen and oxygen atoms in total. The molecule has 0 aromatic carbocycles. The minimum absolute atomic E-state index is 0.0195. The Hall–Kier alpha value is -1.66. The number of hydrogen-bond acceptors (Lipinski definition) is 5. The molecule has 0 aromatic heterocycles. The third-order valence-electron chi connectivity index (χ3n) is 16.0. The molecule has 0 aromatic rings. The zero-order valence-corrected chi connectivity index (χ0v) is 50.8. The quantitative estimate of drug-likeness (QED) is 0.0320. The van der Waals surface area contributed by atoms with Crippen LogP contribution in [0, 0.1) is 0 Å². The van der Waals surface area contributed by atoms with Gasteiger partial charge in [-0.3, -0.25) is 9.59 Å². The molecule has 0 aliphatic carbocycles. The summed E-state index contributed by atoms with van der Waals surface area (Å²) in [6, 6.07) is -0.626. The number of ether oxygens (including phenoxy) is 1. The number of esters is 1. The second-order valence-corrected chi connectivity index (χ2v) is 23.5. The van der Waals surface area contributed by atoms with Crippen molar-refractivity contribution in [2.75, 3.05) is 13.2 Å². The van der Waals surface area contributed by atoms with Gasteiger partial charge in [0, 0.05) is 12.8 Å². The van der Waals surface area contributed by atoms with Gasteiger partial charge in [-0.15, -0.1) is 0 Å². The number of nitrogens with one attached hydrogen (secondary N) is 1. The molecule has 0 saturated carbocycles. The van der Waals surface area contributed by atoms with Crippen LogP contribution in [0.4, 0.5) is 0 Å². The average molecular weight is 1060 g/mol. The highest BCUT2D eigenvalue weighted by molar-refractivity contribution is 5.76. The van der Waals surface area contributed by atoms with Gasteiger partial charge in [-0.05, 0) is 57.8 Å². The highest BCUT2D eigenvalue weighted by atomic mass is 16.5. The largest absolute Gasteiger partial charge is 0.466 e. The lowest BCUT2D eigenvalue weighted by atomic mass is 10.0. The first-order chi connectivity index (χ1) is 37.0. The number of carbonyl (C=O) groups is 2. The molecule has 0 fully saturated rings. The highest BCUT2D eigenvalue weighted by Gasteiger charge is 2.18. The Labute approximate surface area is 469 Å². The molecule has 0 rings (SSSR count). The number of aliphatic hydroxyl groups is 2. The first-order valence-electron chi connectivity index (χ1n) is 34.1. The number of hydrogen-bond donors (Lipinski definition) is 3. The lowest BCUT2D eigenvalue weighted by Crippen LogP contribution is -2.45. The molecular weight excluding hydrogens is 923 g/mol. The molecule has 0 heterocycles. The third kappa shape index (κ3) is 61.4. The van der Waals surface area contributed by atoms with Crippen LogP contribution >= 0.6 is 0 Å².